The van der Waals surface area contributed by atoms with Crippen LogP contribution in [0.25, 0.3) is 6.08 Å². The molecule has 1 aliphatic rings. The first-order chi connectivity index (χ1) is 12.1. The highest BCUT2D eigenvalue weighted by Crippen LogP contribution is 2.35. The van der Waals surface area contributed by atoms with Crippen LogP contribution in [0.5, 0.6) is 0 Å². The molecule has 0 bridgehead atoms. The molecular formula is C18H19ClN2O3S. The monoisotopic (exact) mass is 378 g/mol. The van der Waals surface area contributed by atoms with Gasteiger partial charge in [0.25, 0.3) is 10.0 Å². The molecule has 1 heterocycles. The van der Waals surface area contributed by atoms with Crippen molar-refractivity contribution in [2.75, 3.05) is 35.9 Å². The quantitative estimate of drug-likeness (QED) is 0.863. The zero-order valence-electron chi connectivity index (χ0n) is 13.6. The van der Waals surface area contributed by atoms with Crippen LogP contribution in [-0.4, -0.2) is 34.7 Å². The van der Waals surface area contributed by atoms with Gasteiger partial charge in [0.2, 0.25) is 0 Å². The average Bonchev–Trinajstić information content (AvgIpc) is 2.62. The minimum Gasteiger partial charge on any atom is -0.378 e. The van der Waals surface area contributed by atoms with E-state index in [0.29, 0.717) is 42.7 Å². The number of anilines is 2. The number of para-hydroxylation sites is 1. The van der Waals surface area contributed by atoms with Crippen LogP contribution in [0.4, 0.5) is 11.4 Å². The van der Waals surface area contributed by atoms with Crippen LogP contribution in [0.2, 0.25) is 5.02 Å². The van der Waals surface area contributed by atoms with E-state index in [-0.39, 0.29) is 0 Å². The second kappa shape index (κ2) is 7.91. The molecule has 5 nitrogen and oxygen atoms in total. The largest absolute Gasteiger partial charge is 0.378 e. The molecule has 0 unspecified atom stereocenters. The Labute approximate surface area is 152 Å². The van der Waals surface area contributed by atoms with Gasteiger partial charge in [-0.3, -0.25) is 4.72 Å². The third kappa shape index (κ3) is 4.75. The average molecular weight is 379 g/mol. The molecule has 2 aromatic carbocycles. The van der Waals surface area contributed by atoms with Gasteiger partial charge in [0.1, 0.15) is 0 Å². The fourth-order valence-electron chi connectivity index (χ4n) is 2.63. The van der Waals surface area contributed by atoms with Crippen molar-refractivity contribution in [2.24, 2.45) is 0 Å². The second-order valence-corrected chi connectivity index (χ2v) is 7.57. The number of morpholine rings is 1. The lowest BCUT2D eigenvalue weighted by Crippen LogP contribution is -2.37. The molecule has 0 spiro atoms. The first-order valence-corrected chi connectivity index (χ1v) is 9.85. The first-order valence-electron chi connectivity index (χ1n) is 7.92. The molecule has 3 rings (SSSR count). The van der Waals surface area contributed by atoms with Crippen LogP contribution >= 0.6 is 11.6 Å². The van der Waals surface area contributed by atoms with E-state index < -0.39 is 10.0 Å². The van der Waals surface area contributed by atoms with Crippen LogP contribution in [0, 0.1) is 0 Å². The van der Waals surface area contributed by atoms with E-state index in [0.717, 1.165) is 11.0 Å². The Balaban J connectivity index is 1.84. The summed E-state index contributed by atoms with van der Waals surface area (Å²) in [5.41, 5.74) is 1.96. The van der Waals surface area contributed by atoms with Gasteiger partial charge in [-0.2, -0.15) is 0 Å². The van der Waals surface area contributed by atoms with E-state index >= 15 is 0 Å². The number of hydrogen-bond donors (Lipinski definition) is 1. The van der Waals surface area contributed by atoms with Crippen LogP contribution in [-0.2, 0) is 14.8 Å². The van der Waals surface area contributed by atoms with Gasteiger partial charge in [-0.25, -0.2) is 8.42 Å². The topological polar surface area (TPSA) is 58.6 Å². The summed E-state index contributed by atoms with van der Waals surface area (Å²) in [7, 11) is -3.66. The van der Waals surface area contributed by atoms with E-state index in [4.69, 9.17) is 16.3 Å². The predicted molar refractivity (Wildman–Crippen MR) is 103 cm³/mol. The number of benzene rings is 2. The standard InChI is InChI=1S/C18H19ClN2O3S/c19-16-7-4-8-17(18(16)21-10-12-24-13-11-21)20-25(22,23)14-9-15-5-2-1-3-6-15/h1-9,14,20H,10-13H2/b14-9+. The van der Waals surface area contributed by atoms with E-state index in [1.54, 1.807) is 24.3 Å². The van der Waals surface area contributed by atoms with Crippen molar-refractivity contribution in [3.8, 4) is 0 Å². The summed E-state index contributed by atoms with van der Waals surface area (Å²) in [5, 5.41) is 1.67. The van der Waals surface area contributed by atoms with Gasteiger partial charge in [-0.15, -0.1) is 0 Å². The number of halogens is 1. The Hall–Kier alpha value is -2.02. The number of nitrogens with one attached hydrogen (secondary N) is 1. The van der Waals surface area contributed by atoms with Gasteiger partial charge < -0.3 is 9.64 Å². The number of rotatable bonds is 5. The van der Waals surface area contributed by atoms with Gasteiger partial charge in [-0.05, 0) is 23.8 Å². The smallest absolute Gasteiger partial charge is 0.255 e. The van der Waals surface area contributed by atoms with Crippen LogP contribution in [0.1, 0.15) is 5.56 Å². The molecule has 0 atom stereocenters. The third-order valence-corrected chi connectivity index (χ3v) is 5.11. The lowest BCUT2D eigenvalue weighted by molar-refractivity contribution is 0.123. The number of ether oxygens (including phenoxy) is 1. The van der Waals surface area contributed by atoms with E-state index in [9.17, 15) is 8.42 Å². The first kappa shape index (κ1) is 17.8. The summed E-state index contributed by atoms with van der Waals surface area (Å²) in [6.45, 7) is 2.51. The van der Waals surface area contributed by atoms with Crippen molar-refractivity contribution in [3.05, 3.63) is 64.5 Å². The van der Waals surface area contributed by atoms with Gasteiger partial charge >= 0.3 is 0 Å². The summed E-state index contributed by atoms with van der Waals surface area (Å²) in [4.78, 5) is 2.03. The maximum atomic E-state index is 12.4. The Kier molecular flexibility index (Phi) is 5.63. The zero-order chi connectivity index (χ0) is 17.7. The fourth-order valence-corrected chi connectivity index (χ4v) is 3.80. The molecular weight excluding hydrogens is 360 g/mol. The minimum atomic E-state index is -3.66. The van der Waals surface area contributed by atoms with Crippen LogP contribution < -0.4 is 9.62 Å². The second-order valence-electron chi connectivity index (χ2n) is 5.60. The highest BCUT2D eigenvalue weighted by Gasteiger charge is 2.19. The molecule has 1 N–H and O–H groups in total. The summed E-state index contributed by atoms with van der Waals surface area (Å²) < 4.78 is 32.8. The molecule has 1 saturated heterocycles. The molecule has 7 heteroatoms. The lowest BCUT2D eigenvalue weighted by Gasteiger charge is -2.31. The Bertz CT molecular complexity index is 848. The van der Waals surface area contributed by atoms with Crippen molar-refractivity contribution in [1.82, 2.24) is 0 Å². The summed E-state index contributed by atoms with van der Waals surface area (Å²) in [5.74, 6) is 0. The molecule has 1 aliphatic heterocycles. The molecule has 1 fully saturated rings. The highest BCUT2D eigenvalue weighted by molar-refractivity contribution is 7.95. The summed E-state index contributed by atoms with van der Waals surface area (Å²) in [6.07, 6.45) is 1.56. The van der Waals surface area contributed by atoms with E-state index in [1.807, 2.05) is 35.2 Å². The SMILES string of the molecule is O=S(=O)(/C=C/c1ccccc1)Nc1cccc(Cl)c1N1CCOCC1. The van der Waals surface area contributed by atoms with Gasteiger partial charge in [0.15, 0.2) is 0 Å². The maximum absolute atomic E-state index is 12.4. The summed E-state index contributed by atoms with van der Waals surface area (Å²) in [6, 6.07) is 14.5. The van der Waals surface area contributed by atoms with Gasteiger partial charge in [-0.1, -0.05) is 48.0 Å². The Morgan fingerprint density at radius 3 is 2.48 bits per heavy atom. The summed E-state index contributed by atoms with van der Waals surface area (Å²) >= 11 is 6.33. The Morgan fingerprint density at radius 2 is 1.76 bits per heavy atom. The molecule has 0 aromatic heterocycles. The van der Waals surface area contributed by atoms with E-state index in [1.165, 1.54) is 0 Å². The molecule has 0 saturated carbocycles. The van der Waals surface area contributed by atoms with Gasteiger partial charge in [0, 0.05) is 13.1 Å². The van der Waals surface area contributed by atoms with Crippen molar-refractivity contribution in [3.63, 3.8) is 0 Å². The highest BCUT2D eigenvalue weighted by atomic mass is 35.5. The number of nitrogens with zero attached hydrogens (tertiary/aromatic N) is 1. The van der Waals surface area contributed by atoms with Crippen molar-refractivity contribution >= 4 is 39.1 Å². The van der Waals surface area contributed by atoms with Gasteiger partial charge in [0.05, 0.1) is 35.0 Å². The zero-order valence-corrected chi connectivity index (χ0v) is 15.1. The fraction of sp³-hybridized carbons (Fsp3) is 0.222. The van der Waals surface area contributed by atoms with E-state index in [2.05, 4.69) is 4.72 Å². The molecule has 25 heavy (non-hydrogen) atoms. The lowest BCUT2D eigenvalue weighted by atomic mass is 10.2. The molecule has 2 aromatic rings. The molecule has 132 valence electrons. The van der Waals surface area contributed by atoms with Crippen molar-refractivity contribution in [1.29, 1.82) is 0 Å². The normalized spacial score (nSPS) is 15.5. The van der Waals surface area contributed by atoms with Crippen LogP contribution in [0.3, 0.4) is 0 Å². The molecule has 0 radical (unpaired) electrons. The Morgan fingerprint density at radius 1 is 1.04 bits per heavy atom. The van der Waals surface area contributed by atoms with Crippen LogP contribution in [0.15, 0.2) is 53.9 Å². The number of hydrogen-bond acceptors (Lipinski definition) is 4. The third-order valence-electron chi connectivity index (χ3n) is 3.81. The molecule has 0 aliphatic carbocycles. The number of sulfonamides is 1. The van der Waals surface area contributed by atoms with Crippen molar-refractivity contribution in [2.45, 2.75) is 0 Å². The minimum absolute atomic E-state index is 0.465. The predicted octanol–water partition coefficient (Wildman–Crippen LogP) is 3.59. The van der Waals surface area contributed by atoms with Crippen molar-refractivity contribution < 1.29 is 13.2 Å². The maximum Gasteiger partial charge on any atom is 0.255 e. The molecule has 0 amide bonds.